The maximum absolute atomic E-state index is 4.54. The molecule has 5 heteroatoms. The molecule has 2 aromatic rings. The van der Waals surface area contributed by atoms with Gasteiger partial charge in [0, 0.05) is 22.0 Å². The molecular formula is C11H11BrN2S2. The lowest BCUT2D eigenvalue weighted by molar-refractivity contribution is 0.931. The first-order valence-electron chi connectivity index (χ1n) is 4.89. The Balaban J connectivity index is 2.40. The summed E-state index contributed by atoms with van der Waals surface area (Å²) in [5.74, 6) is 1.64. The summed E-state index contributed by atoms with van der Waals surface area (Å²) in [7, 11) is 0. The number of aryl methyl sites for hydroxylation is 2. The third-order valence-corrected chi connectivity index (χ3v) is 3.99. The van der Waals surface area contributed by atoms with Gasteiger partial charge in [-0.05, 0) is 40.7 Å². The number of thiol groups is 1. The fourth-order valence-corrected chi connectivity index (χ4v) is 3.00. The summed E-state index contributed by atoms with van der Waals surface area (Å²) in [6, 6.07) is 4.09. The molecule has 2 rings (SSSR count). The molecule has 0 saturated carbocycles. The Morgan fingerprint density at radius 1 is 1.38 bits per heavy atom. The molecule has 2 heterocycles. The van der Waals surface area contributed by atoms with E-state index in [1.807, 2.05) is 13.0 Å². The summed E-state index contributed by atoms with van der Waals surface area (Å²) in [6.07, 6.45) is 0.810. The highest BCUT2D eigenvalue weighted by Gasteiger charge is 2.06. The molecule has 0 bridgehead atoms. The molecule has 0 unspecified atom stereocenters. The van der Waals surface area contributed by atoms with Crippen LogP contribution >= 0.6 is 39.9 Å². The van der Waals surface area contributed by atoms with Crippen LogP contribution in [0.2, 0.25) is 0 Å². The molecule has 0 N–H and O–H groups in total. The van der Waals surface area contributed by atoms with Crippen LogP contribution in [0.3, 0.4) is 0 Å². The molecule has 0 aliphatic carbocycles. The largest absolute Gasteiger partial charge is 0.238 e. The molecule has 0 radical (unpaired) electrons. The van der Waals surface area contributed by atoms with Crippen molar-refractivity contribution in [3.8, 4) is 10.6 Å². The predicted molar refractivity (Wildman–Crippen MR) is 75.3 cm³/mol. The van der Waals surface area contributed by atoms with Gasteiger partial charge in [-0.3, -0.25) is 0 Å². The van der Waals surface area contributed by atoms with Crippen LogP contribution in [0.1, 0.15) is 11.5 Å². The van der Waals surface area contributed by atoms with Crippen molar-refractivity contribution in [2.75, 3.05) is 5.75 Å². The first-order chi connectivity index (χ1) is 7.69. The van der Waals surface area contributed by atoms with Crippen molar-refractivity contribution >= 4 is 39.9 Å². The normalized spacial score (nSPS) is 10.7. The third kappa shape index (κ3) is 2.84. The third-order valence-electron chi connectivity index (χ3n) is 2.06. The van der Waals surface area contributed by atoms with E-state index in [0.29, 0.717) is 0 Å². The van der Waals surface area contributed by atoms with Crippen LogP contribution < -0.4 is 0 Å². The average Bonchev–Trinajstić information content (AvgIpc) is 2.64. The molecule has 0 aliphatic heterocycles. The predicted octanol–water partition coefficient (Wildman–Crippen LogP) is 3.75. The van der Waals surface area contributed by atoms with E-state index in [1.54, 1.807) is 11.3 Å². The van der Waals surface area contributed by atoms with Gasteiger partial charge in [0.1, 0.15) is 5.82 Å². The molecule has 84 valence electrons. The van der Waals surface area contributed by atoms with E-state index in [4.69, 9.17) is 0 Å². The van der Waals surface area contributed by atoms with Gasteiger partial charge in [0.2, 0.25) is 0 Å². The number of thiophene rings is 1. The minimum atomic E-state index is 0.775. The molecule has 0 atom stereocenters. The first-order valence-corrected chi connectivity index (χ1v) is 7.19. The minimum Gasteiger partial charge on any atom is -0.238 e. The van der Waals surface area contributed by atoms with Crippen LogP contribution in [0.25, 0.3) is 10.6 Å². The van der Waals surface area contributed by atoms with Crippen molar-refractivity contribution in [3.63, 3.8) is 0 Å². The molecule has 16 heavy (non-hydrogen) atoms. The molecule has 2 aromatic heterocycles. The number of halogens is 1. The zero-order chi connectivity index (χ0) is 11.5. The molecule has 0 aromatic carbocycles. The fraction of sp³-hybridized carbons (Fsp3) is 0.273. The summed E-state index contributed by atoms with van der Waals surface area (Å²) in [6.45, 7) is 2.00. The smallest absolute Gasteiger partial charge is 0.130 e. The maximum atomic E-state index is 4.54. The van der Waals surface area contributed by atoms with Gasteiger partial charge in [0.25, 0.3) is 0 Å². The van der Waals surface area contributed by atoms with Gasteiger partial charge in [-0.25, -0.2) is 9.97 Å². The Morgan fingerprint density at radius 3 is 2.81 bits per heavy atom. The van der Waals surface area contributed by atoms with E-state index in [1.165, 1.54) is 0 Å². The van der Waals surface area contributed by atoms with Crippen LogP contribution in [0, 0.1) is 6.92 Å². The highest BCUT2D eigenvalue weighted by molar-refractivity contribution is 9.10. The second-order valence-corrected chi connectivity index (χ2v) is 5.69. The second-order valence-electron chi connectivity index (χ2n) is 3.41. The number of hydrogen-bond donors (Lipinski definition) is 1. The number of nitrogens with zero attached hydrogens (tertiary/aromatic N) is 2. The Hall–Kier alpha value is -0.390. The fourth-order valence-electron chi connectivity index (χ4n) is 1.42. The lowest BCUT2D eigenvalue weighted by Crippen LogP contribution is -1.99. The minimum absolute atomic E-state index is 0.775. The van der Waals surface area contributed by atoms with Crippen LogP contribution in [0.4, 0.5) is 0 Å². The van der Waals surface area contributed by atoms with Crippen molar-refractivity contribution in [1.82, 2.24) is 9.97 Å². The molecule has 2 nitrogen and oxygen atoms in total. The lowest BCUT2D eigenvalue weighted by Gasteiger charge is -2.03. The highest BCUT2D eigenvalue weighted by Crippen LogP contribution is 2.28. The average molecular weight is 315 g/mol. The maximum Gasteiger partial charge on any atom is 0.130 e. The van der Waals surface area contributed by atoms with E-state index >= 15 is 0 Å². The molecular weight excluding hydrogens is 304 g/mol. The van der Waals surface area contributed by atoms with Crippen LogP contribution in [0.5, 0.6) is 0 Å². The molecule has 0 aliphatic rings. The topological polar surface area (TPSA) is 25.8 Å². The van der Waals surface area contributed by atoms with Gasteiger partial charge in [0.05, 0.1) is 10.6 Å². The lowest BCUT2D eigenvalue weighted by atomic mass is 10.3. The van der Waals surface area contributed by atoms with Crippen molar-refractivity contribution in [2.45, 2.75) is 13.3 Å². The summed E-state index contributed by atoms with van der Waals surface area (Å²) in [5.41, 5.74) is 2.01. The van der Waals surface area contributed by atoms with E-state index in [2.05, 4.69) is 50.0 Å². The highest BCUT2D eigenvalue weighted by atomic mass is 79.9. The van der Waals surface area contributed by atoms with Gasteiger partial charge in [0.15, 0.2) is 0 Å². The Bertz CT molecular complexity index is 496. The van der Waals surface area contributed by atoms with E-state index < -0.39 is 0 Å². The van der Waals surface area contributed by atoms with E-state index in [0.717, 1.165) is 38.7 Å². The van der Waals surface area contributed by atoms with Crippen LogP contribution in [-0.2, 0) is 6.42 Å². The van der Waals surface area contributed by atoms with Gasteiger partial charge >= 0.3 is 0 Å². The summed E-state index contributed by atoms with van der Waals surface area (Å²) in [4.78, 5) is 10.1. The van der Waals surface area contributed by atoms with Gasteiger partial charge in [-0.15, -0.1) is 11.3 Å². The van der Waals surface area contributed by atoms with Gasteiger partial charge in [-0.1, -0.05) is 0 Å². The zero-order valence-electron chi connectivity index (χ0n) is 8.77. The van der Waals surface area contributed by atoms with Gasteiger partial charge in [-0.2, -0.15) is 12.6 Å². The van der Waals surface area contributed by atoms with Crippen molar-refractivity contribution in [2.24, 2.45) is 0 Å². The Morgan fingerprint density at radius 2 is 2.19 bits per heavy atom. The van der Waals surface area contributed by atoms with E-state index in [-0.39, 0.29) is 0 Å². The van der Waals surface area contributed by atoms with E-state index in [9.17, 15) is 0 Å². The summed E-state index contributed by atoms with van der Waals surface area (Å²) >= 11 is 9.34. The van der Waals surface area contributed by atoms with Crippen LogP contribution in [-0.4, -0.2) is 15.7 Å². The van der Waals surface area contributed by atoms with Crippen molar-refractivity contribution in [1.29, 1.82) is 0 Å². The Kier molecular flexibility index (Phi) is 4.00. The Labute approximate surface area is 113 Å². The second kappa shape index (κ2) is 5.29. The quantitative estimate of drug-likeness (QED) is 0.873. The molecule has 0 spiro atoms. The van der Waals surface area contributed by atoms with Gasteiger partial charge < -0.3 is 0 Å². The zero-order valence-corrected chi connectivity index (χ0v) is 12.1. The first kappa shape index (κ1) is 12.1. The summed E-state index contributed by atoms with van der Waals surface area (Å²) < 4.78 is 1.10. The number of hydrogen-bond acceptors (Lipinski definition) is 4. The van der Waals surface area contributed by atoms with Crippen LogP contribution in [0.15, 0.2) is 22.0 Å². The number of rotatable bonds is 3. The van der Waals surface area contributed by atoms with Crippen molar-refractivity contribution in [3.05, 3.63) is 33.5 Å². The summed E-state index contributed by atoms with van der Waals surface area (Å²) in [5, 5.41) is 2.06. The molecule has 0 fully saturated rings. The number of aromatic nitrogens is 2. The molecule has 0 saturated heterocycles. The monoisotopic (exact) mass is 314 g/mol. The molecule has 0 amide bonds. The standard InChI is InChI=1S/C11H11BrN2S2/c1-7-4-9(10-5-8(12)6-16-10)14-11(13-7)2-3-15/h4-6,15H,2-3H2,1H3. The SMILES string of the molecule is Cc1cc(-c2cc(Br)cs2)nc(CCS)n1. The van der Waals surface area contributed by atoms with Crippen molar-refractivity contribution < 1.29 is 0 Å².